The Hall–Kier alpha value is -4.13. The molecule has 3 aromatic carbocycles. The fourth-order valence-electron chi connectivity index (χ4n) is 3.86. The summed E-state index contributed by atoms with van der Waals surface area (Å²) in [7, 11) is 1.64. The van der Waals surface area contributed by atoms with Crippen LogP contribution in [0.1, 0.15) is 45.7 Å². The molecule has 4 rings (SSSR count). The minimum atomic E-state index is -1.04. The van der Waals surface area contributed by atoms with Crippen LogP contribution in [0.25, 0.3) is 0 Å². The van der Waals surface area contributed by atoms with E-state index in [0.29, 0.717) is 18.7 Å². The Balaban J connectivity index is 1.45. The van der Waals surface area contributed by atoms with E-state index in [9.17, 15) is 14.4 Å². The lowest BCUT2D eigenvalue weighted by molar-refractivity contribution is -0.130. The summed E-state index contributed by atoms with van der Waals surface area (Å²) in [4.78, 5) is 40.3. The zero-order valence-electron chi connectivity index (χ0n) is 19.1. The van der Waals surface area contributed by atoms with Crippen LogP contribution in [0, 0.1) is 0 Å². The van der Waals surface area contributed by atoms with Gasteiger partial charge in [0.05, 0.1) is 23.8 Å². The van der Waals surface area contributed by atoms with E-state index in [4.69, 9.17) is 9.47 Å². The molecule has 0 bridgehead atoms. The second-order valence-electron chi connectivity index (χ2n) is 8.03. The zero-order chi connectivity index (χ0) is 24.1. The molecule has 1 aliphatic rings. The standard InChI is InChI=1S/C27H26N2O5/c1-18(25(30)28-23-16-17-33-24-15-9-8-14-22(23)24)34-27(32)21-13-7-6-12-20(21)26(31)29(2)19-10-4-3-5-11-19/h3-15,18,23H,16-17H2,1-2H3,(H,28,30). The first-order valence-corrected chi connectivity index (χ1v) is 11.1. The summed E-state index contributed by atoms with van der Waals surface area (Å²) in [5.74, 6) is -0.769. The quantitative estimate of drug-likeness (QED) is 0.561. The highest BCUT2D eigenvalue weighted by molar-refractivity contribution is 6.12. The third-order valence-corrected chi connectivity index (χ3v) is 5.75. The van der Waals surface area contributed by atoms with Crippen molar-refractivity contribution < 1.29 is 23.9 Å². The molecular weight excluding hydrogens is 432 g/mol. The summed E-state index contributed by atoms with van der Waals surface area (Å²) in [6.07, 6.45) is -0.426. The number of ether oxygens (including phenoxy) is 2. The summed E-state index contributed by atoms with van der Waals surface area (Å²) >= 11 is 0. The van der Waals surface area contributed by atoms with E-state index in [1.54, 1.807) is 37.4 Å². The predicted molar refractivity (Wildman–Crippen MR) is 128 cm³/mol. The highest BCUT2D eigenvalue weighted by Crippen LogP contribution is 2.31. The molecule has 1 N–H and O–H groups in total. The Morgan fingerprint density at radius 1 is 0.941 bits per heavy atom. The molecule has 0 spiro atoms. The van der Waals surface area contributed by atoms with Crippen molar-refractivity contribution in [2.45, 2.75) is 25.5 Å². The summed E-state index contributed by atoms with van der Waals surface area (Å²) in [6, 6.07) is 22.9. The van der Waals surface area contributed by atoms with Crippen LogP contribution >= 0.6 is 0 Å². The van der Waals surface area contributed by atoms with Crippen molar-refractivity contribution in [2.75, 3.05) is 18.6 Å². The van der Waals surface area contributed by atoms with E-state index in [2.05, 4.69) is 5.32 Å². The fraction of sp³-hybridized carbons (Fsp3) is 0.222. The average molecular weight is 459 g/mol. The maximum atomic E-state index is 13.1. The number of nitrogens with one attached hydrogen (secondary N) is 1. The number of para-hydroxylation sites is 2. The van der Waals surface area contributed by atoms with Crippen molar-refractivity contribution in [1.29, 1.82) is 0 Å². The summed E-state index contributed by atoms with van der Waals surface area (Å²) < 4.78 is 11.1. The normalized spacial score (nSPS) is 15.3. The Morgan fingerprint density at radius 3 is 2.35 bits per heavy atom. The smallest absolute Gasteiger partial charge is 0.339 e. The minimum absolute atomic E-state index is 0.103. The number of carbonyl (C=O) groups is 3. The van der Waals surface area contributed by atoms with Crippen LogP contribution in [0.4, 0.5) is 5.69 Å². The van der Waals surface area contributed by atoms with Gasteiger partial charge in [0.15, 0.2) is 6.10 Å². The lowest BCUT2D eigenvalue weighted by Crippen LogP contribution is -2.40. The van der Waals surface area contributed by atoms with E-state index in [1.807, 2.05) is 42.5 Å². The van der Waals surface area contributed by atoms with Crippen molar-refractivity contribution >= 4 is 23.5 Å². The first kappa shape index (κ1) is 23.0. The van der Waals surface area contributed by atoms with Gasteiger partial charge in [0.25, 0.3) is 11.8 Å². The molecule has 0 radical (unpaired) electrons. The maximum absolute atomic E-state index is 13.1. The molecule has 34 heavy (non-hydrogen) atoms. The van der Waals surface area contributed by atoms with Gasteiger partial charge in [-0.2, -0.15) is 0 Å². The number of amides is 2. The third-order valence-electron chi connectivity index (χ3n) is 5.75. The molecule has 2 atom stereocenters. The van der Waals surface area contributed by atoms with Gasteiger partial charge in [-0.15, -0.1) is 0 Å². The summed E-state index contributed by atoms with van der Waals surface area (Å²) in [6.45, 7) is 2.00. The van der Waals surface area contributed by atoms with Gasteiger partial charge >= 0.3 is 5.97 Å². The molecule has 7 nitrogen and oxygen atoms in total. The lowest BCUT2D eigenvalue weighted by Gasteiger charge is -2.27. The van der Waals surface area contributed by atoms with Crippen molar-refractivity contribution in [2.24, 2.45) is 0 Å². The first-order valence-electron chi connectivity index (χ1n) is 11.1. The second kappa shape index (κ2) is 10.2. The maximum Gasteiger partial charge on any atom is 0.339 e. The zero-order valence-corrected chi connectivity index (χ0v) is 19.1. The van der Waals surface area contributed by atoms with Gasteiger partial charge in [0, 0.05) is 24.7 Å². The highest BCUT2D eigenvalue weighted by Gasteiger charge is 2.28. The van der Waals surface area contributed by atoms with Crippen LogP contribution in [-0.4, -0.2) is 37.5 Å². The number of hydrogen-bond acceptors (Lipinski definition) is 5. The topological polar surface area (TPSA) is 84.9 Å². The Bertz CT molecular complexity index is 1190. The highest BCUT2D eigenvalue weighted by atomic mass is 16.5. The first-order chi connectivity index (χ1) is 16.5. The van der Waals surface area contributed by atoms with E-state index < -0.39 is 18.0 Å². The van der Waals surface area contributed by atoms with Crippen LogP contribution in [0.3, 0.4) is 0 Å². The molecule has 3 aromatic rings. The van der Waals surface area contributed by atoms with Crippen LogP contribution in [0.15, 0.2) is 78.9 Å². The molecule has 174 valence electrons. The SMILES string of the molecule is CC(OC(=O)c1ccccc1C(=O)N(C)c1ccccc1)C(=O)NC1CCOc2ccccc21. The molecule has 0 aromatic heterocycles. The molecule has 1 heterocycles. The van der Waals surface area contributed by atoms with Gasteiger partial charge in [0.1, 0.15) is 5.75 Å². The van der Waals surface area contributed by atoms with Gasteiger partial charge in [-0.25, -0.2) is 4.79 Å². The van der Waals surface area contributed by atoms with Crippen LogP contribution < -0.4 is 15.0 Å². The van der Waals surface area contributed by atoms with Gasteiger partial charge in [-0.3, -0.25) is 9.59 Å². The third kappa shape index (κ3) is 4.93. The summed E-state index contributed by atoms with van der Waals surface area (Å²) in [5, 5.41) is 2.94. The fourth-order valence-corrected chi connectivity index (χ4v) is 3.86. The van der Waals surface area contributed by atoms with Crippen molar-refractivity contribution in [1.82, 2.24) is 5.32 Å². The van der Waals surface area contributed by atoms with E-state index in [0.717, 1.165) is 11.3 Å². The Labute approximate surface area is 198 Å². The molecule has 2 unspecified atom stereocenters. The molecule has 0 fully saturated rings. The molecule has 7 heteroatoms. The largest absolute Gasteiger partial charge is 0.493 e. The molecule has 1 aliphatic heterocycles. The number of hydrogen-bond donors (Lipinski definition) is 1. The lowest BCUT2D eigenvalue weighted by atomic mass is 10.0. The van der Waals surface area contributed by atoms with Gasteiger partial charge in [0.2, 0.25) is 0 Å². The molecular formula is C27H26N2O5. The van der Waals surface area contributed by atoms with Crippen LogP contribution in [0.2, 0.25) is 0 Å². The van der Waals surface area contributed by atoms with Crippen LogP contribution in [0.5, 0.6) is 5.75 Å². The Kier molecular flexibility index (Phi) is 6.92. The monoisotopic (exact) mass is 458 g/mol. The number of rotatable bonds is 6. The predicted octanol–water partition coefficient (Wildman–Crippen LogP) is 4.15. The average Bonchev–Trinajstić information content (AvgIpc) is 2.88. The molecule has 0 aliphatic carbocycles. The van der Waals surface area contributed by atoms with E-state index >= 15 is 0 Å². The van der Waals surface area contributed by atoms with Crippen molar-refractivity contribution in [3.05, 3.63) is 95.6 Å². The summed E-state index contributed by atoms with van der Waals surface area (Å²) in [5.41, 5.74) is 1.89. The van der Waals surface area contributed by atoms with Gasteiger partial charge < -0.3 is 19.7 Å². The van der Waals surface area contributed by atoms with Crippen molar-refractivity contribution in [3.8, 4) is 5.75 Å². The van der Waals surface area contributed by atoms with Gasteiger partial charge in [-0.05, 0) is 37.3 Å². The number of fused-ring (bicyclic) bond motifs is 1. The van der Waals surface area contributed by atoms with Crippen LogP contribution in [-0.2, 0) is 9.53 Å². The number of nitrogens with zero attached hydrogens (tertiary/aromatic N) is 1. The Morgan fingerprint density at radius 2 is 1.59 bits per heavy atom. The van der Waals surface area contributed by atoms with Crippen molar-refractivity contribution in [3.63, 3.8) is 0 Å². The number of carbonyl (C=O) groups excluding carboxylic acids is 3. The molecule has 0 saturated heterocycles. The molecule has 2 amide bonds. The number of anilines is 1. The van der Waals surface area contributed by atoms with Gasteiger partial charge in [-0.1, -0.05) is 48.5 Å². The van der Waals surface area contributed by atoms with E-state index in [-0.39, 0.29) is 23.1 Å². The minimum Gasteiger partial charge on any atom is -0.493 e. The number of esters is 1. The van der Waals surface area contributed by atoms with E-state index in [1.165, 1.54) is 17.9 Å². The second-order valence-corrected chi connectivity index (χ2v) is 8.03. The number of benzene rings is 3. The molecule has 0 saturated carbocycles.